The summed E-state index contributed by atoms with van der Waals surface area (Å²) in [5.74, 6) is 1.68. The van der Waals surface area contributed by atoms with Gasteiger partial charge in [0, 0.05) is 43.6 Å². The lowest BCUT2D eigenvalue weighted by Gasteiger charge is -2.17. The van der Waals surface area contributed by atoms with E-state index in [0.29, 0.717) is 5.92 Å². The van der Waals surface area contributed by atoms with Gasteiger partial charge in [-0.25, -0.2) is 4.98 Å². The SMILES string of the molecule is Cc1cccc(NC[C@@H]2CCN(Cc3c(C)nn(C)c3C)C2)n1. The van der Waals surface area contributed by atoms with Crippen LogP contribution in [0.25, 0.3) is 0 Å². The monoisotopic (exact) mass is 313 g/mol. The minimum absolute atomic E-state index is 0.689. The molecule has 1 atom stereocenters. The molecule has 0 saturated carbocycles. The Bertz CT molecular complexity index is 676. The largest absolute Gasteiger partial charge is 0.370 e. The maximum Gasteiger partial charge on any atom is 0.126 e. The number of hydrogen-bond donors (Lipinski definition) is 1. The third-order valence-corrected chi connectivity index (χ3v) is 4.87. The Morgan fingerprint density at radius 2 is 2.09 bits per heavy atom. The van der Waals surface area contributed by atoms with Gasteiger partial charge in [0.1, 0.15) is 5.82 Å². The van der Waals surface area contributed by atoms with E-state index >= 15 is 0 Å². The summed E-state index contributed by atoms with van der Waals surface area (Å²) >= 11 is 0. The second-order valence-electron chi connectivity index (χ2n) is 6.71. The average Bonchev–Trinajstić information content (AvgIpc) is 3.06. The first-order valence-corrected chi connectivity index (χ1v) is 8.42. The third kappa shape index (κ3) is 3.72. The minimum atomic E-state index is 0.689. The summed E-state index contributed by atoms with van der Waals surface area (Å²) in [4.78, 5) is 7.06. The van der Waals surface area contributed by atoms with Crippen molar-refractivity contribution < 1.29 is 0 Å². The summed E-state index contributed by atoms with van der Waals surface area (Å²) in [6.07, 6.45) is 1.25. The predicted molar refractivity (Wildman–Crippen MR) is 93.5 cm³/mol. The van der Waals surface area contributed by atoms with Gasteiger partial charge in [0.2, 0.25) is 0 Å². The quantitative estimate of drug-likeness (QED) is 0.922. The summed E-state index contributed by atoms with van der Waals surface area (Å²) in [7, 11) is 2.03. The van der Waals surface area contributed by atoms with Gasteiger partial charge in [0.15, 0.2) is 0 Å². The lowest BCUT2D eigenvalue weighted by molar-refractivity contribution is 0.317. The van der Waals surface area contributed by atoms with Crippen molar-refractivity contribution in [3.05, 3.63) is 40.8 Å². The van der Waals surface area contributed by atoms with Gasteiger partial charge < -0.3 is 5.32 Å². The molecule has 5 nitrogen and oxygen atoms in total. The summed E-state index contributed by atoms with van der Waals surface area (Å²) in [5.41, 5.74) is 4.90. The molecule has 5 heteroatoms. The molecule has 1 N–H and O–H groups in total. The molecular formula is C18H27N5. The van der Waals surface area contributed by atoms with Crippen molar-refractivity contribution in [2.24, 2.45) is 13.0 Å². The molecule has 1 saturated heterocycles. The van der Waals surface area contributed by atoms with Gasteiger partial charge in [-0.05, 0) is 51.8 Å². The molecule has 1 aliphatic heterocycles. The fourth-order valence-electron chi connectivity index (χ4n) is 3.38. The van der Waals surface area contributed by atoms with E-state index in [0.717, 1.165) is 36.8 Å². The van der Waals surface area contributed by atoms with Crippen LogP contribution in [0.1, 0.15) is 29.1 Å². The van der Waals surface area contributed by atoms with Crippen LogP contribution in [0.4, 0.5) is 5.82 Å². The standard InChI is InChI=1S/C18H27N5/c1-13-6-5-7-18(20-13)19-10-16-8-9-23(11-16)12-17-14(2)21-22(4)15(17)3/h5-7,16H,8-12H2,1-4H3,(H,19,20)/t16-/m0/s1. The highest BCUT2D eigenvalue weighted by molar-refractivity contribution is 5.35. The van der Waals surface area contributed by atoms with Gasteiger partial charge in [-0.2, -0.15) is 5.10 Å². The number of aryl methyl sites for hydroxylation is 3. The molecule has 3 heterocycles. The van der Waals surface area contributed by atoms with Crippen LogP contribution in [0.2, 0.25) is 0 Å². The molecule has 0 aliphatic carbocycles. The number of nitrogens with zero attached hydrogens (tertiary/aromatic N) is 4. The van der Waals surface area contributed by atoms with Gasteiger partial charge >= 0.3 is 0 Å². The second-order valence-corrected chi connectivity index (χ2v) is 6.71. The predicted octanol–water partition coefficient (Wildman–Crippen LogP) is 2.67. The number of anilines is 1. The van der Waals surface area contributed by atoms with Crippen molar-refractivity contribution in [1.82, 2.24) is 19.7 Å². The summed E-state index contributed by atoms with van der Waals surface area (Å²) in [6.45, 7) is 10.6. The molecule has 2 aromatic heterocycles. The van der Waals surface area contributed by atoms with E-state index < -0.39 is 0 Å². The number of pyridine rings is 1. The fourth-order valence-corrected chi connectivity index (χ4v) is 3.38. The first-order valence-electron chi connectivity index (χ1n) is 8.42. The Labute approximate surface area is 138 Å². The van der Waals surface area contributed by atoms with Crippen LogP contribution in [0.5, 0.6) is 0 Å². The van der Waals surface area contributed by atoms with Crippen LogP contribution in [-0.2, 0) is 13.6 Å². The fraction of sp³-hybridized carbons (Fsp3) is 0.556. The normalized spacial score (nSPS) is 18.5. The molecule has 0 aromatic carbocycles. The molecule has 0 unspecified atom stereocenters. The van der Waals surface area contributed by atoms with Crippen molar-refractivity contribution in [3.63, 3.8) is 0 Å². The number of nitrogens with one attached hydrogen (secondary N) is 1. The molecule has 124 valence electrons. The van der Waals surface area contributed by atoms with Crippen LogP contribution < -0.4 is 5.32 Å². The first kappa shape index (κ1) is 16.0. The first-order chi connectivity index (χ1) is 11.0. The van der Waals surface area contributed by atoms with E-state index in [9.17, 15) is 0 Å². The highest BCUT2D eigenvalue weighted by Gasteiger charge is 2.24. The van der Waals surface area contributed by atoms with Crippen molar-refractivity contribution in [3.8, 4) is 0 Å². The molecule has 1 aliphatic rings. The molecule has 0 spiro atoms. The highest BCUT2D eigenvalue weighted by atomic mass is 15.3. The number of aromatic nitrogens is 3. The zero-order chi connectivity index (χ0) is 16.4. The molecular weight excluding hydrogens is 286 g/mol. The Morgan fingerprint density at radius 3 is 2.78 bits per heavy atom. The number of rotatable bonds is 5. The van der Waals surface area contributed by atoms with E-state index in [1.165, 1.54) is 24.2 Å². The van der Waals surface area contributed by atoms with Crippen LogP contribution >= 0.6 is 0 Å². The lowest BCUT2D eigenvalue weighted by Crippen LogP contribution is -2.23. The van der Waals surface area contributed by atoms with Crippen molar-refractivity contribution in [1.29, 1.82) is 0 Å². The van der Waals surface area contributed by atoms with Gasteiger partial charge in [-0.3, -0.25) is 9.58 Å². The van der Waals surface area contributed by atoms with E-state index in [1.807, 2.05) is 30.8 Å². The molecule has 23 heavy (non-hydrogen) atoms. The molecule has 0 bridgehead atoms. The van der Waals surface area contributed by atoms with Gasteiger partial charge in [-0.15, -0.1) is 0 Å². The van der Waals surface area contributed by atoms with Gasteiger partial charge in [-0.1, -0.05) is 6.07 Å². The Balaban J connectivity index is 1.52. The smallest absolute Gasteiger partial charge is 0.126 e. The Kier molecular flexibility index (Phi) is 4.66. The van der Waals surface area contributed by atoms with Crippen LogP contribution in [0.15, 0.2) is 18.2 Å². The van der Waals surface area contributed by atoms with E-state index in [2.05, 4.69) is 40.2 Å². The zero-order valence-electron chi connectivity index (χ0n) is 14.6. The Hall–Kier alpha value is -1.88. The topological polar surface area (TPSA) is 46.0 Å². The molecule has 0 amide bonds. The number of likely N-dealkylation sites (tertiary alicyclic amines) is 1. The van der Waals surface area contributed by atoms with Crippen LogP contribution in [0.3, 0.4) is 0 Å². The van der Waals surface area contributed by atoms with Gasteiger partial charge in [0.05, 0.1) is 5.69 Å². The average molecular weight is 313 g/mol. The van der Waals surface area contributed by atoms with Crippen LogP contribution in [-0.4, -0.2) is 39.3 Å². The minimum Gasteiger partial charge on any atom is -0.370 e. The second kappa shape index (κ2) is 6.71. The summed E-state index contributed by atoms with van der Waals surface area (Å²) in [6, 6.07) is 6.13. The van der Waals surface area contributed by atoms with Crippen molar-refractivity contribution in [2.45, 2.75) is 33.7 Å². The highest BCUT2D eigenvalue weighted by Crippen LogP contribution is 2.22. The van der Waals surface area contributed by atoms with Crippen LogP contribution in [0, 0.1) is 26.7 Å². The van der Waals surface area contributed by atoms with Crippen molar-refractivity contribution >= 4 is 5.82 Å². The van der Waals surface area contributed by atoms with E-state index in [1.54, 1.807) is 0 Å². The van der Waals surface area contributed by atoms with Gasteiger partial charge in [0.25, 0.3) is 0 Å². The molecule has 3 rings (SSSR count). The summed E-state index contributed by atoms with van der Waals surface area (Å²) < 4.78 is 1.99. The van der Waals surface area contributed by atoms with E-state index in [4.69, 9.17) is 0 Å². The lowest BCUT2D eigenvalue weighted by atomic mass is 10.1. The summed E-state index contributed by atoms with van der Waals surface area (Å²) in [5, 5.41) is 8.01. The maximum absolute atomic E-state index is 4.53. The Morgan fingerprint density at radius 1 is 1.26 bits per heavy atom. The zero-order valence-corrected chi connectivity index (χ0v) is 14.6. The number of hydrogen-bond acceptors (Lipinski definition) is 4. The van der Waals surface area contributed by atoms with E-state index in [-0.39, 0.29) is 0 Å². The molecule has 2 aromatic rings. The third-order valence-electron chi connectivity index (χ3n) is 4.87. The molecule has 1 fully saturated rings. The maximum atomic E-state index is 4.53. The van der Waals surface area contributed by atoms with Crippen molar-refractivity contribution in [2.75, 3.05) is 25.0 Å². The molecule has 0 radical (unpaired) electrons.